The van der Waals surface area contributed by atoms with Crippen LogP contribution < -0.4 is 10.2 Å². The van der Waals surface area contributed by atoms with Gasteiger partial charge in [0, 0.05) is 45.0 Å². The lowest BCUT2D eigenvalue weighted by Crippen LogP contribution is -2.59. The molecule has 0 aromatic carbocycles. The van der Waals surface area contributed by atoms with Gasteiger partial charge in [-0.05, 0) is 18.8 Å². The molecule has 3 saturated heterocycles. The molecule has 0 radical (unpaired) electrons. The number of anilines is 1. The number of aryl methyl sites for hydroxylation is 1. The van der Waals surface area contributed by atoms with Crippen LogP contribution in [0.5, 0.6) is 0 Å². The van der Waals surface area contributed by atoms with Crippen molar-refractivity contribution in [2.45, 2.75) is 19.5 Å². The summed E-state index contributed by atoms with van der Waals surface area (Å²) in [4.78, 5) is 38.3. The zero-order valence-corrected chi connectivity index (χ0v) is 15.4. The van der Waals surface area contributed by atoms with Crippen molar-refractivity contribution in [1.29, 1.82) is 0 Å². The fraction of sp³-hybridized carbons (Fsp3) is 0.588. The van der Waals surface area contributed by atoms with E-state index < -0.39 is 0 Å². The summed E-state index contributed by atoms with van der Waals surface area (Å²) >= 11 is 0. The van der Waals surface area contributed by atoms with Crippen LogP contribution >= 0.6 is 0 Å². The third-order valence-electron chi connectivity index (χ3n) is 5.98. The first-order valence-electron chi connectivity index (χ1n) is 9.23. The van der Waals surface area contributed by atoms with E-state index in [1.807, 2.05) is 6.92 Å². The lowest BCUT2D eigenvalue weighted by molar-refractivity contribution is -0.130. The number of likely N-dealkylation sites (tertiary alicyclic amines) is 1. The van der Waals surface area contributed by atoms with Gasteiger partial charge in [0.1, 0.15) is 12.1 Å². The van der Waals surface area contributed by atoms with E-state index in [4.69, 9.17) is 0 Å². The van der Waals surface area contributed by atoms with Gasteiger partial charge in [0.2, 0.25) is 5.91 Å². The van der Waals surface area contributed by atoms with Crippen LogP contribution in [0.1, 0.15) is 12.1 Å². The van der Waals surface area contributed by atoms with Crippen LogP contribution in [0.2, 0.25) is 0 Å². The number of urea groups is 1. The molecule has 3 amide bonds. The number of nitrogens with zero attached hydrogens (tertiary/aromatic N) is 7. The van der Waals surface area contributed by atoms with Crippen LogP contribution in [0.3, 0.4) is 0 Å². The Kier molecular flexibility index (Phi) is 3.58. The first kappa shape index (κ1) is 16.4. The predicted octanol–water partition coefficient (Wildman–Crippen LogP) is -0.301. The molecule has 0 bridgehead atoms. The third kappa shape index (κ3) is 2.62. The van der Waals surface area contributed by atoms with Crippen LogP contribution in [0.4, 0.5) is 10.6 Å². The van der Waals surface area contributed by atoms with Crippen LogP contribution in [0.25, 0.3) is 5.78 Å². The maximum Gasteiger partial charge on any atom is 0.325 e. The van der Waals surface area contributed by atoms with Crippen LogP contribution in [-0.2, 0) is 4.79 Å². The molecule has 5 heterocycles. The largest absolute Gasteiger partial charge is 0.356 e. The maximum atomic E-state index is 12.0. The predicted molar refractivity (Wildman–Crippen MR) is 96.0 cm³/mol. The monoisotopic (exact) mass is 370 g/mol. The first-order chi connectivity index (χ1) is 13.0. The normalized spacial score (nSPS) is 28.9. The number of carbonyl (C=O) groups is 2. The van der Waals surface area contributed by atoms with Gasteiger partial charge >= 0.3 is 6.03 Å². The second-order valence-corrected chi connectivity index (χ2v) is 7.73. The van der Waals surface area contributed by atoms with Crippen molar-refractivity contribution in [3.8, 4) is 0 Å². The average Bonchev–Trinajstić information content (AvgIpc) is 3.32. The number of amides is 3. The van der Waals surface area contributed by atoms with Gasteiger partial charge in [-0.2, -0.15) is 14.6 Å². The quantitative estimate of drug-likeness (QED) is 0.775. The lowest BCUT2D eigenvalue weighted by Gasteiger charge is -2.35. The Balaban J connectivity index is 1.30. The molecular formula is C17H22N8O2. The molecule has 3 unspecified atom stereocenters. The summed E-state index contributed by atoms with van der Waals surface area (Å²) in [6.07, 6.45) is 1.68. The Morgan fingerprint density at radius 2 is 1.89 bits per heavy atom. The van der Waals surface area contributed by atoms with Crippen molar-refractivity contribution in [2.75, 3.05) is 38.1 Å². The topological polar surface area (TPSA) is 99.0 Å². The average molecular weight is 370 g/mol. The van der Waals surface area contributed by atoms with Gasteiger partial charge < -0.3 is 10.2 Å². The summed E-state index contributed by atoms with van der Waals surface area (Å²) in [6.45, 7) is 5.58. The summed E-state index contributed by atoms with van der Waals surface area (Å²) in [5, 5.41) is 7.26. The number of aromatic nitrogens is 4. The van der Waals surface area contributed by atoms with Gasteiger partial charge in [0.15, 0.2) is 0 Å². The van der Waals surface area contributed by atoms with Gasteiger partial charge in [-0.25, -0.2) is 9.78 Å². The second-order valence-electron chi connectivity index (χ2n) is 7.73. The second kappa shape index (κ2) is 5.88. The van der Waals surface area contributed by atoms with E-state index in [-0.39, 0.29) is 18.1 Å². The maximum absolute atomic E-state index is 12.0. The Morgan fingerprint density at radius 1 is 1.15 bits per heavy atom. The highest BCUT2D eigenvalue weighted by Gasteiger charge is 2.44. The van der Waals surface area contributed by atoms with E-state index in [1.54, 1.807) is 4.52 Å². The number of carbonyl (C=O) groups excluding carboxylic acids is 2. The van der Waals surface area contributed by atoms with Gasteiger partial charge in [-0.3, -0.25) is 14.6 Å². The van der Waals surface area contributed by atoms with E-state index in [9.17, 15) is 9.59 Å². The molecule has 2 aromatic heterocycles. The highest BCUT2D eigenvalue weighted by Crippen LogP contribution is 2.35. The fourth-order valence-corrected chi connectivity index (χ4v) is 4.53. The van der Waals surface area contributed by atoms with Gasteiger partial charge in [0.25, 0.3) is 5.78 Å². The van der Waals surface area contributed by atoms with E-state index in [1.165, 1.54) is 13.4 Å². The summed E-state index contributed by atoms with van der Waals surface area (Å²) < 4.78 is 1.79. The third-order valence-corrected chi connectivity index (χ3v) is 5.98. The van der Waals surface area contributed by atoms with E-state index in [2.05, 4.69) is 36.2 Å². The van der Waals surface area contributed by atoms with Crippen molar-refractivity contribution < 1.29 is 9.59 Å². The minimum Gasteiger partial charge on any atom is -0.356 e. The highest BCUT2D eigenvalue weighted by molar-refractivity contribution is 5.96. The van der Waals surface area contributed by atoms with Crippen molar-refractivity contribution in [3.05, 3.63) is 18.1 Å². The summed E-state index contributed by atoms with van der Waals surface area (Å²) in [5.41, 5.74) is 0.928. The number of fused-ring (bicyclic) bond motifs is 2. The molecule has 2 aromatic rings. The van der Waals surface area contributed by atoms with Crippen LogP contribution in [0.15, 0.2) is 12.4 Å². The van der Waals surface area contributed by atoms with Crippen molar-refractivity contribution >= 4 is 23.5 Å². The SMILES string of the molecule is Cc1cc(N2CC3CN(C4CC(=O)N(C)C(=O)N4)CC3C2)n2ncnc2n1. The Morgan fingerprint density at radius 3 is 2.59 bits per heavy atom. The summed E-state index contributed by atoms with van der Waals surface area (Å²) in [7, 11) is 1.52. The van der Waals surface area contributed by atoms with E-state index >= 15 is 0 Å². The molecule has 5 rings (SSSR count). The molecule has 0 aliphatic carbocycles. The van der Waals surface area contributed by atoms with Crippen molar-refractivity contribution in [2.24, 2.45) is 11.8 Å². The first-order valence-corrected chi connectivity index (χ1v) is 9.23. The zero-order valence-electron chi connectivity index (χ0n) is 15.4. The molecule has 142 valence electrons. The molecular weight excluding hydrogens is 348 g/mol. The molecule has 3 aliphatic rings. The molecule has 10 nitrogen and oxygen atoms in total. The van der Waals surface area contributed by atoms with Crippen LogP contribution in [-0.4, -0.2) is 80.7 Å². The number of hydrogen-bond acceptors (Lipinski definition) is 7. The Labute approximate surface area is 156 Å². The fourth-order valence-electron chi connectivity index (χ4n) is 4.53. The molecule has 3 aliphatic heterocycles. The summed E-state index contributed by atoms with van der Waals surface area (Å²) in [5.74, 6) is 2.53. The van der Waals surface area contributed by atoms with Crippen LogP contribution in [0, 0.1) is 18.8 Å². The van der Waals surface area contributed by atoms with Gasteiger partial charge in [0.05, 0.1) is 12.6 Å². The number of rotatable bonds is 2. The number of hydrogen-bond donors (Lipinski definition) is 1. The minimum absolute atomic E-state index is 0.122. The lowest BCUT2D eigenvalue weighted by atomic mass is 10.0. The molecule has 1 N–H and O–H groups in total. The molecule has 0 saturated carbocycles. The number of nitrogens with one attached hydrogen (secondary N) is 1. The van der Waals surface area contributed by atoms with E-state index in [0.29, 0.717) is 24.0 Å². The summed E-state index contributed by atoms with van der Waals surface area (Å²) in [6, 6.07) is 1.74. The molecule has 0 spiro atoms. The van der Waals surface area contributed by atoms with Gasteiger partial charge in [-0.15, -0.1) is 0 Å². The molecule has 3 atom stereocenters. The standard InChI is InChI=1S/C17H22N8O2/c1-10-3-14(25-16(20-10)18-9-19-25)24-7-11-5-23(6-12(11)8-24)13-4-15(26)22(2)17(27)21-13/h3,9,11-13H,4-8H2,1-2H3,(H,21,27). The Hall–Kier alpha value is -2.75. The van der Waals surface area contributed by atoms with Crippen molar-refractivity contribution in [1.82, 2.24) is 34.7 Å². The van der Waals surface area contributed by atoms with Gasteiger partial charge in [-0.1, -0.05) is 0 Å². The molecule has 10 heteroatoms. The molecule has 27 heavy (non-hydrogen) atoms. The van der Waals surface area contributed by atoms with Crippen molar-refractivity contribution in [3.63, 3.8) is 0 Å². The minimum atomic E-state index is -0.309. The Bertz CT molecular complexity index is 895. The zero-order chi connectivity index (χ0) is 18.7. The van der Waals surface area contributed by atoms with E-state index in [0.717, 1.165) is 42.6 Å². The number of imide groups is 1. The molecule has 3 fully saturated rings. The highest BCUT2D eigenvalue weighted by atomic mass is 16.2. The smallest absolute Gasteiger partial charge is 0.325 e.